The van der Waals surface area contributed by atoms with Crippen molar-refractivity contribution in [2.24, 2.45) is 0 Å². The van der Waals surface area contributed by atoms with Gasteiger partial charge in [-0.25, -0.2) is 9.59 Å². The van der Waals surface area contributed by atoms with Gasteiger partial charge in [-0.15, -0.1) is 11.3 Å². The number of pyridine rings is 1. The highest BCUT2D eigenvalue weighted by Gasteiger charge is 2.29. The van der Waals surface area contributed by atoms with Crippen LogP contribution in [-0.4, -0.2) is 57.3 Å². The SMILES string of the molecule is COc1ccc(C(Cc2c(Cl)c[n+]([O-])cc2Cl)OC(=O)c2ccc(CN[C@H](C(=O)O[C@@H]3CCN(C)C3)c3ccccc3)s2)cc1OC. The van der Waals surface area contributed by atoms with Crippen molar-refractivity contribution in [1.29, 1.82) is 0 Å². The fourth-order valence-corrected chi connectivity index (χ4v) is 6.81. The van der Waals surface area contributed by atoms with Crippen molar-refractivity contribution < 1.29 is 33.3 Å². The van der Waals surface area contributed by atoms with Gasteiger partial charge in [-0.2, -0.15) is 4.73 Å². The van der Waals surface area contributed by atoms with Crippen LogP contribution in [0.15, 0.2) is 73.1 Å². The van der Waals surface area contributed by atoms with Crippen LogP contribution < -0.4 is 19.5 Å². The van der Waals surface area contributed by atoms with Crippen molar-refractivity contribution in [2.75, 3.05) is 34.4 Å². The maximum absolute atomic E-state index is 13.5. The smallest absolute Gasteiger partial charge is 0.348 e. The van der Waals surface area contributed by atoms with Gasteiger partial charge in [0, 0.05) is 36.5 Å². The van der Waals surface area contributed by atoms with E-state index in [2.05, 4.69) is 10.2 Å². The molecule has 0 saturated carbocycles. The fraction of sp³-hybridized carbons (Fsp3) is 0.324. The molecule has 5 rings (SSSR count). The third-order valence-corrected chi connectivity index (χ3v) is 9.54. The van der Waals surface area contributed by atoms with Crippen molar-refractivity contribution in [2.45, 2.75) is 37.6 Å². The first-order valence-electron chi connectivity index (χ1n) is 14.9. The van der Waals surface area contributed by atoms with E-state index in [-0.39, 0.29) is 28.5 Å². The Bertz CT molecular complexity index is 1680. The Hall–Kier alpha value is -3.87. The molecule has 0 spiro atoms. The van der Waals surface area contributed by atoms with Crippen molar-refractivity contribution >= 4 is 46.5 Å². The fourth-order valence-electron chi connectivity index (χ4n) is 5.37. The molecular formula is C34H35Cl2N3O7S. The zero-order chi connectivity index (χ0) is 33.5. The minimum Gasteiger partial charge on any atom is -0.619 e. The summed E-state index contributed by atoms with van der Waals surface area (Å²) in [6.07, 6.45) is 2.29. The maximum atomic E-state index is 13.5. The molecule has 4 aromatic rings. The number of carbonyl (C=O) groups is 2. The van der Waals surface area contributed by atoms with Gasteiger partial charge < -0.3 is 29.1 Å². The monoisotopic (exact) mass is 699 g/mol. The number of rotatable bonds is 13. The van der Waals surface area contributed by atoms with Crippen molar-refractivity contribution in [3.05, 3.63) is 115 Å². The number of aromatic nitrogens is 1. The van der Waals surface area contributed by atoms with E-state index in [0.717, 1.165) is 23.4 Å². The topological polar surface area (TPSA) is 113 Å². The molecule has 0 radical (unpaired) electrons. The van der Waals surface area contributed by atoms with Crippen LogP contribution in [-0.2, 0) is 27.2 Å². The Morgan fingerprint density at radius 1 is 1.02 bits per heavy atom. The van der Waals surface area contributed by atoms with Gasteiger partial charge in [0.15, 0.2) is 23.9 Å². The van der Waals surface area contributed by atoms with Crippen LogP contribution in [0.5, 0.6) is 11.5 Å². The summed E-state index contributed by atoms with van der Waals surface area (Å²) in [6, 6.07) is 17.4. The number of methoxy groups -OCH3 is 2. The second kappa shape index (κ2) is 15.8. The molecule has 0 aliphatic carbocycles. The third-order valence-electron chi connectivity index (χ3n) is 7.82. The Morgan fingerprint density at radius 2 is 1.74 bits per heavy atom. The minimum absolute atomic E-state index is 0.0944. The standard InChI is InChI=1S/C34H35Cl2N3O7S/c1-38-14-13-23(18-38)45-34(41)32(21-7-5-4-6-8-21)37-17-24-10-12-31(47-24)33(40)46-29(16-25-26(35)19-39(42)20-27(25)36)22-9-11-28(43-2)30(15-22)44-3/h4-12,15,19-20,23,29,32,37H,13-14,16-18H2,1-3H3/t23-,29?,32+/m1/s1. The van der Waals surface area contributed by atoms with Gasteiger partial charge in [-0.3, -0.25) is 5.32 Å². The van der Waals surface area contributed by atoms with Crippen LogP contribution in [0.2, 0.25) is 10.0 Å². The van der Waals surface area contributed by atoms with Crippen LogP contribution in [0.1, 0.15) is 49.8 Å². The molecule has 1 unspecified atom stereocenters. The van der Waals surface area contributed by atoms with Crippen LogP contribution >= 0.6 is 34.5 Å². The van der Waals surface area contributed by atoms with Crippen molar-refractivity contribution in [3.63, 3.8) is 0 Å². The number of ether oxygens (including phenoxy) is 4. The molecule has 2 aromatic heterocycles. The van der Waals surface area contributed by atoms with Gasteiger partial charge in [0.2, 0.25) is 0 Å². The molecule has 10 nitrogen and oxygen atoms in total. The van der Waals surface area contributed by atoms with Gasteiger partial charge in [-0.05, 0) is 48.9 Å². The molecule has 13 heteroatoms. The predicted molar refractivity (Wildman–Crippen MR) is 179 cm³/mol. The number of nitrogens with one attached hydrogen (secondary N) is 1. The zero-order valence-electron chi connectivity index (χ0n) is 26.1. The van der Waals surface area contributed by atoms with Crippen molar-refractivity contribution in [3.8, 4) is 11.5 Å². The number of hydrogen-bond donors (Lipinski definition) is 1. The van der Waals surface area contributed by atoms with E-state index in [0.29, 0.717) is 45.3 Å². The average Bonchev–Trinajstić information content (AvgIpc) is 3.71. The Morgan fingerprint density at radius 3 is 2.40 bits per heavy atom. The normalized spacial score (nSPS) is 16.0. The Labute approximate surface area is 287 Å². The molecule has 3 atom stereocenters. The molecule has 2 aromatic carbocycles. The summed E-state index contributed by atoms with van der Waals surface area (Å²) >= 11 is 14.0. The average molecular weight is 701 g/mol. The first kappa shape index (κ1) is 34.5. The number of carbonyl (C=O) groups excluding carboxylic acids is 2. The largest absolute Gasteiger partial charge is 0.619 e. The second-order valence-corrected chi connectivity index (χ2v) is 13.1. The zero-order valence-corrected chi connectivity index (χ0v) is 28.4. The lowest BCUT2D eigenvalue weighted by Gasteiger charge is -2.21. The molecule has 1 aliphatic heterocycles. The van der Waals surface area contributed by atoms with Crippen LogP contribution in [0.3, 0.4) is 0 Å². The minimum atomic E-state index is -0.838. The highest BCUT2D eigenvalue weighted by molar-refractivity contribution is 7.13. The summed E-state index contributed by atoms with van der Waals surface area (Å²) in [6.45, 7) is 1.91. The van der Waals surface area contributed by atoms with Gasteiger partial charge >= 0.3 is 11.9 Å². The van der Waals surface area contributed by atoms with E-state index >= 15 is 0 Å². The molecule has 1 saturated heterocycles. The van der Waals surface area contributed by atoms with Gasteiger partial charge in [-0.1, -0.05) is 59.6 Å². The van der Waals surface area contributed by atoms with Gasteiger partial charge in [0.05, 0.1) is 14.2 Å². The number of esters is 2. The van der Waals surface area contributed by atoms with Crippen LogP contribution in [0, 0.1) is 5.21 Å². The molecular weight excluding hydrogens is 665 g/mol. The lowest BCUT2D eigenvalue weighted by molar-refractivity contribution is -0.605. The third kappa shape index (κ3) is 8.74. The van der Waals surface area contributed by atoms with E-state index in [9.17, 15) is 14.8 Å². The van der Waals surface area contributed by atoms with E-state index in [1.165, 1.54) is 38.0 Å². The van der Waals surface area contributed by atoms with E-state index in [1.807, 2.05) is 43.4 Å². The van der Waals surface area contributed by atoms with Gasteiger partial charge in [0.25, 0.3) is 0 Å². The summed E-state index contributed by atoms with van der Waals surface area (Å²) in [5.41, 5.74) is 1.85. The van der Waals surface area contributed by atoms with E-state index in [4.69, 9.17) is 42.1 Å². The summed E-state index contributed by atoms with van der Waals surface area (Å²) in [4.78, 5) is 30.1. The highest BCUT2D eigenvalue weighted by Crippen LogP contribution is 2.36. The highest BCUT2D eigenvalue weighted by atomic mass is 35.5. The molecule has 1 fully saturated rings. The number of likely N-dealkylation sites (tertiary alicyclic amines) is 1. The molecule has 1 aliphatic rings. The first-order chi connectivity index (χ1) is 22.6. The number of benzene rings is 2. The van der Waals surface area contributed by atoms with E-state index in [1.54, 1.807) is 24.3 Å². The number of nitrogens with zero attached hydrogens (tertiary/aromatic N) is 2. The Kier molecular flexibility index (Phi) is 11.6. The number of likely N-dealkylation sites (N-methyl/N-ethyl adjacent to an activating group) is 1. The summed E-state index contributed by atoms with van der Waals surface area (Å²) < 4.78 is 23.2. The predicted octanol–water partition coefficient (Wildman–Crippen LogP) is 5.92. The molecule has 3 heterocycles. The maximum Gasteiger partial charge on any atom is 0.348 e. The van der Waals surface area contributed by atoms with Crippen molar-refractivity contribution in [1.82, 2.24) is 10.2 Å². The summed E-state index contributed by atoms with van der Waals surface area (Å²) in [7, 11) is 5.04. The number of halogens is 2. The molecule has 47 heavy (non-hydrogen) atoms. The quantitative estimate of drug-likeness (QED) is 0.103. The lowest BCUT2D eigenvalue weighted by Crippen LogP contribution is -2.33. The Balaban J connectivity index is 1.32. The number of thiophene rings is 1. The molecule has 248 valence electrons. The van der Waals surface area contributed by atoms with Crippen LogP contribution in [0.25, 0.3) is 0 Å². The van der Waals surface area contributed by atoms with Crippen LogP contribution in [0.4, 0.5) is 0 Å². The first-order valence-corrected chi connectivity index (χ1v) is 16.5. The lowest BCUT2D eigenvalue weighted by atomic mass is 10.0. The molecule has 0 bridgehead atoms. The summed E-state index contributed by atoms with van der Waals surface area (Å²) in [5, 5.41) is 15.4. The molecule has 1 N–H and O–H groups in total. The molecule has 0 amide bonds. The van der Waals surface area contributed by atoms with E-state index < -0.39 is 18.1 Å². The number of hydrogen-bond acceptors (Lipinski definition) is 10. The summed E-state index contributed by atoms with van der Waals surface area (Å²) in [5.74, 6) is 0.0523. The van der Waals surface area contributed by atoms with Gasteiger partial charge in [0.1, 0.15) is 33.2 Å². The second-order valence-electron chi connectivity index (χ2n) is 11.1.